The molecule has 35 heavy (non-hydrogen) atoms. The summed E-state index contributed by atoms with van der Waals surface area (Å²) in [6, 6.07) is 7.78. The second-order valence-electron chi connectivity index (χ2n) is 9.39. The molecular formula is C25H22F3N3O4. The second-order valence-corrected chi connectivity index (χ2v) is 9.39. The van der Waals surface area contributed by atoms with Crippen LogP contribution >= 0.6 is 0 Å². The van der Waals surface area contributed by atoms with Crippen molar-refractivity contribution in [2.75, 3.05) is 0 Å². The molecule has 1 saturated carbocycles. The van der Waals surface area contributed by atoms with Gasteiger partial charge < -0.3 is 10.6 Å². The highest BCUT2D eigenvalue weighted by molar-refractivity contribution is 6.06. The van der Waals surface area contributed by atoms with Gasteiger partial charge in [-0.25, -0.2) is 13.2 Å². The van der Waals surface area contributed by atoms with Gasteiger partial charge in [0.1, 0.15) is 11.9 Å². The van der Waals surface area contributed by atoms with Crippen molar-refractivity contribution in [2.24, 2.45) is 11.7 Å². The Hall–Kier alpha value is -3.69. The van der Waals surface area contributed by atoms with E-state index >= 15 is 0 Å². The largest absolute Gasteiger partial charge is 0.366 e. The maximum Gasteiger partial charge on any atom is 0.255 e. The molecular weight excluding hydrogens is 463 g/mol. The van der Waals surface area contributed by atoms with Gasteiger partial charge in [-0.2, -0.15) is 0 Å². The van der Waals surface area contributed by atoms with Crippen LogP contribution in [0.3, 0.4) is 0 Å². The zero-order chi connectivity index (χ0) is 25.1. The summed E-state index contributed by atoms with van der Waals surface area (Å²) in [4.78, 5) is 51.4. The number of nitrogens with one attached hydrogen (secondary N) is 1. The molecule has 2 aliphatic heterocycles. The number of alkyl halides is 2. The summed E-state index contributed by atoms with van der Waals surface area (Å²) >= 11 is 0. The average Bonchev–Trinajstić information content (AvgIpc) is 3.06. The number of piperidine rings is 1. The molecule has 0 bridgehead atoms. The van der Waals surface area contributed by atoms with Crippen molar-refractivity contribution >= 4 is 23.6 Å². The third-order valence-electron chi connectivity index (χ3n) is 7.19. The number of carbonyl (C=O) groups excluding carboxylic acids is 4. The highest BCUT2D eigenvalue weighted by atomic mass is 19.3. The van der Waals surface area contributed by atoms with Gasteiger partial charge in [-0.05, 0) is 53.8 Å². The molecule has 3 atom stereocenters. The molecule has 2 unspecified atom stereocenters. The molecule has 0 radical (unpaired) electrons. The van der Waals surface area contributed by atoms with Crippen molar-refractivity contribution in [2.45, 2.75) is 49.6 Å². The predicted octanol–water partition coefficient (Wildman–Crippen LogP) is 3.06. The van der Waals surface area contributed by atoms with Crippen molar-refractivity contribution in [3.63, 3.8) is 0 Å². The van der Waals surface area contributed by atoms with Crippen molar-refractivity contribution < 1.29 is 32.3 Å². The Balaban J connectivity index is 1.67. The van der Waals surface area contributed by atoms with Crippen LogP contribution in [0.4, 0.5) is 13.2 Å². The van der Waals surface area contributed by atoms with E-state index in [4.69, 9.17) is 5.73 Å². The Morgan fingerprint density at radius 2 is 1.77 bits per heavy atom. The number of amides is 4. The molecule has 1 aliphatic carbocycles. The smallest absolute Gasteiger partial charge is 0.255 e. The number of fused-ring (bicyclic) bond motifs is 1. The van der Waals surface area contributed by atoms with Crippen LogP contribution in [0.15, 0.2) is 42.5 Å². The predicted molar refractivity (Wildman–Crippen MR) is 117 cm³/mol. The van der Waals surface area contributed by atoms with Crippen molar-refractivity contribution in [1.29, 1.82) is 0 Å². The third kappa shape index (κ3) is 3.96. The van der Waals surface area contributed by atoms with Crippen LogP contribution in [0.2, 0.25) is 0 Å². The number of benzene rings is 2. The van der Waals surface area contributed by atoms with Gasteiger partial charge in [0.2, 0.25) is 23.6 Å². The van der Waals surface area contributed by atoms with Crippen LogP contribution in [-0.4, -0.2) is 40.5 Å². The summed E-state index contributed by atoms with van der Waals surface area (Å²) in [5, 5.41) is 2.24. The standard InChI is InChI=1S/C25H22F3N3O4/c26-15-4-1-12(2-5-15)20(14-10-25(27,28)11-14)21-17-9-13(22(29)33)3-6-16(17)24(35)31(21)18-7-8-19(32)30-23(18)34/h1-6,9,14,18,20-21H,7-8,10-11H2,(H2,29,33)(H,30,32,34)/t18?,20?,21-/m1/s1. The minimum atomic E-state index is -2.87. The quantitative estimate of drug-likeness (QED) is 0.635. The molecule has 0 spiro atoms. The van der Waals surface area contributed by atoms with E-state index in [0.29, 0.717) is 11.1 Å². The van der Waals surface area contributed by atoms with Crippen molar-refractivity contribution in [3.05, 3.63) is 70.5 Å². The summed E-state index contributed by atoms with van der Waals surface area (Å²) in [6.07, 6.45) is -0.791. The number of imide groups is 1. The molecule has 0 aromatic heterocycles. The lowest BCUT2D eigenvalue weighted by Gasteiger charge is -2.46. The molecule has 10 heteroatoms. The highest BCUT2D eigenvalue weighted by Crippen LogP contribution is 2.56. The Labute approximate surface area is 198 Å². The molecule has 2 aromatic carbocycles. The number of carbonyl (C=O) groups is 4. The van der Waals surface area contributed by atoms with Crippen LogP contribution in [0.1, 0.15) is 69.5 Å². The first kappa shape index (κ1) is 23.1. The average molecular weight is 485 g/mol. The maximum absolute atomic E-state index is 14.0. The lowest BCUT2D eigenvalue weighted by atomic mass is 9.66. The number of nitrogens with two attached hydrogens (primary N) is 1. The summed E-state index contributed by atoms with van der Waals surface area (Å²) in [5.41, 5.74) is 6.73. The fraction of sp³-hybridized carbons (Fsp3) is 0.360. The second kappa shape index (κ2) is 8.21. The lowest BCUT2D eigenvalue weighted by molar-refractivity contribution is -0.139. The van der Waals surface area contributed by atoms with Gasteiger partial charge >= 0.3 is 0 Å². The number of hydrogen-bond acceptors (Lipinski definition) is 4. The van der Waals surface area contributed by atoms with E-state index in [9.17, 15) is 32.3 Å². The highest BCUT2D eigenvalue weighted by Gasteiger charge is 2.55. The summed E-state index contributed by atoms with van der Waals surface area (Å²) in [6.45, 7) is 0. The van der Waals surface area contributed by atoms with Crippen molar-refractivity contribution in [3.8, 4) is 0 Å². The lowest BCUT2D eigenvalue weighted by Crippen LogP contribution is -2.55. The minimum absolute atomic E-state index is 0.0124. The molecule has 2 fully saturated rings. The molecule has 1 saturated heterocycles. The maximum atomic E-state index is 14.0. The van der Waals surface area contributed by atoms with Gasteiger partial charge in [0.25, 0.3) is 5.91 Å². The zero-order valence-corrected chi connectivity index (χ0v) is 18.5. The first-order valence-corrected chi connectivity index (χ1v) is 11.3. The first-order valence-electron chi connectivity index (χ1n) is 11.3. The number of rotatable bonds is 5. The van der Waals surface area contributed by atoms with Gasteiger partial charge in [0.05, 0.1) is 6.04 Å². The topological polar surface area (TPSA) is 110 Å². The minimum Gasteiger partial charge on any atom is -0.366 e. The van der Waals surface area contributed by atoms with Crippen LogP contribution < -0.4 is 11.1 Å². The first-order chi connectivity index (χ1) is 16.6. The zero-order valence-electron chi connectivity index (χ0n) is 18.5. The third-order valence-corrected chi connectivity index (χ3v) is 7.19. The van der Waals surface area contributed by atoms with E-state index in [1.807, 2.05) is 0 Å². The van der Waals surface area contributed by atoms with Crippen molar-refractivity contribution in [1.82, 2.24) is 10.2 Å². The Morgan fingerprint density at radius 1 is 1.09 bits per heavy atom. The van der Waals surface area contributed by atoms with Crippen LogP contribution in [0.5, 0.6) is 0 Å². The number of halogens is 3. The SMILES string of the molecule is NC(=O)c1ccc2c(c1)[C@H](C(c1ccc(F)cc1)C1CC(F)(F)C1)N(C1CCC(=O)NC1=O)C2=O. The van der Waals surface area contributed by atoms with Gasteiger partial charge in [0, 0.05) is 36.3 Å². The fourth-order valence-electron chi connectivity index (χ4n) is 5.58. The molecule has 2 heterocycles. The summed E-state index contributed by atoms with van der Waals surface area (Å²) in [5.74, 6) is -7.02. The van der Waals surface area contributed by atoms with Crippen LogP contribution in [-0.2, 0) is 9.59 Å². The normalized spacial score (nSPS) is 24.5. The summed E-state index contributed by atoms with van der Waals surface area (Å²) in [7, 11) is 0. The Kier molecular flexibility index (Phi) is 5.41. The Morgan fingerprint density at radius 3 is 2.37 bits per heavy atom. The fourth-order valence-corrected chi connectivity index (χ4v) is 5.58. The van der Waals surface area contributed by atoms with Gasteiger partial charge in [-0.15, -0.1) is 0 Å². The number of primary amides is 1. The van der Waals surface area contributed by atoms with E-state index in [1.165, 1.54) is 47.4 Å². The van der Waals surface area contributed by atoms with Gasteiger partial charge in [-0.1, -0.05) is 12.1 Å². The van der Waals surface area contributed by atoms with Crippen LogP contribution in [0.25, 0.3) is 0 Å². The molecule has 7 nitrogen and oxygen atoms in total. The molecule has 5 rings (SSSR count). The van der Waals surface area contributed by atoms with Crippen LogP contribution in [0, 0.1) is 11.7 Å². The summed E-state index contributed by atoms with van der Waals surface area (Å²) < 4.78 is 41.7. The molecule has 182 valence electrons. The van der Waals surface area contributed by atoms with Gasteiger partial charge in [-0.3, -0.25) is 24.5 Å². The van der Waals surface area contributed by atoms with E-state index in [0.717, 1.165) is 0 Å². The van der Waals surface area contributed by atoms with Gasteiger partial charge in [0.15, 0.2) is 0 Å². The molecule has 2 aromatic rings. The van der Waals surface area contributed by atoms with E-state index < -0.39 is 72.1 Å². The molecule has 4 amide bonds. The monoisotopic (exact) mass is 485 g/mol. The molecule has 3 aliphatic rings. The van der Waals surface area contributed by atoms with E-state index in [1.54, 1.807) is 0 Å². The number of hydrogen-bond donors (Lipinski definition) is 2. The number of nitrogens with zero attached hydrogens (tertiary/aromatic N) is 1. The van der Waals surface area contributed by atoms with E-state index in [2.05, 4.69) is 5.32 Å². The van der Waals surface area contributed by atoms with E-state index in [-0.39, 0.29) is 24.0 Å². The Bertz CT molecular complexity index is 1240. The molecule has 3 N–H and O–H groups in total.